The molecule has 76 valence electrons. The summed E-state index contributed by atoms with van der Waals surface area (Å²) in [4.78, 5) is 19.8. The highest BCUT2D eigenvalue weighted by molar-refractivity contribution is 6.02. The highest BCUT2D eigenvalue weighted by atomic mass is 19.3. The predicted molar refractivity (Wildman–Crippen MR) is 30.0 cm³/mol. The van der Waals surface area contributed by atoms with E-state index in [2.05, 4.69) is 0 Å². The summed E-state index contributed by atoms with van der Waals surface area (Å²) in [5, 5.41) is 15.8. The van der Waals surface area contributed by atoms with Gasteiger partial charge in [0, 0.05) is 0 Å². The first-order valence-electron chi connectivity index (χ1n) is 2.82. The maximum Gasteiger partial charge on any atom is 0.356 e. The van der Waals surface area contributed by atoms with Gasteiger partial charge in [-0.3, -0.25) is 0 Å². The second-order valence-electron chi connectivity index (χ2n) is 2.06. The van der Waals surface area contributed by atoms with E-state index in [0.29, 0.717) is 0 Å². The molecule has 0 saturated heterocycles. The molecule has 0 amide bonds. The fourth-order valence-electron chi connectivity index (χ4n) is 0.501. The molecule has 13 heavy (non-hydrogen) atoms. The number of alkyl halides is 4. The van der Waals surface area contributed by atoms with Crippen molar-refractivity contribution in [3.8, 4) is 0 Å². The minimum absolute atomic E-state index is 2.80. The third kappa shape index (κ3) is 1.87. The van der Waals surface area contributed by atoms with Crippen LogP contribution in [-0.2, 0) is 9.59 Å². The van der Waals surface area contributed by atoms with Gasteiger partial charge in [-0.1, -0.05) is 0 Å². The van der Waals surface area contributed by atoms with Crippen LogP contribution >= 0.6 is 0 Å². The smallest absolute Gasteiger partial charge is 0.356 e. The molecular weight excluding hydrogens is 200 g/mol. The zero-order valence-corrected chi connectivity index (χ0v) is 5.88. The molecular formula is C5H4F4O4. The second-order valence-corrected chi connectivity index (χ2v) is 2.06. The van der Waals surface area contributed by atoms with E-state index in [9.17, 15) is 27.2 Å². The Hall–Kier alpha value is -1.34. The van der Waals surface area contributed by atoms with Gasteiger partial charge in [-0.2, -0.15) is 0 Å². The maximum absolute atomic E-state index is 12.6. The molecule has 0 aromatic carbocycles. The lowest BCUT2D eigenvalue weighted by Crippen LogP contribution is -2.53. The number of aliphatic carboxylic acids is 2. The molecule has 0 radical (unpaired) electrons. The first-order valence-corrected chi connectivity index (χ1v) is 2.82. The van der Waals surface area contributed by atoms with Gasteiger partial charge in [0.15, 0.2) is 0 Å². The fourth-order valence-corrected chi connectivity index (χ4v) is 0.501. The van der Waals surface area contributed by atoms with Crippen molar-refractivity contribution in [3.05, 3.63) is 0 Å². The van der Waals surface area contributed by atoms with Crippen LogP contribution < -0.4 is 0 Å². The van der Waals surface area contributed by atoms with Crippen molar-refractivity contribution < 1.29 is 37.4 Å². The molecule has 0 aliphatic carbocycles. The van der Waals surface area contributed by atoms with E-state index >= 15 is 0 Å². The van der Waals surface area contributed by atoms with Crippen LogP contribution in [0.1, 0.15) is 0 Å². The molecule has 0 aromatic heterocycles. The molecule has 0 heterocycles. The molecule has 0 rings (SSSR count). The quantitative estimate of drug-likeness (QED) is 0.515. The Labute approximate surface area is 68.8 Å². The van der Waals surface area contributed by atoms with Gasteiger partial charge in [0.05, 0.1) is 0 Å². The summed E-state index contributed by atoms with van der Waals surface area (Å²) >= 11 is 0. The Morgan fingerprint density at radius 3 is 1.46 bits per heavy atom. The number of rotatable bonds is 4. The molecule has 0 aliphatic heterocycles. The zero-order chi connectivity index (χ0) is 10.8. The first kappa shape index (κ1) is 11.7. The zero-order valence-electron chi connectivity index (χ0n) is 5.88. The topological polar surface area (TPSA) is 74.6 Å². The van der Waals surface area contributed by atoms with Crippen LogP contribution in [0.4, 0.5) is 17.6 Å². The summed E-state index contributed by atoms with van der Waals surface area (Å²) in [6, 6.07) is 0. The van der Waals surface area contributed by atoms with Gasteiger partial charge >= 0.3 is 17.6 Å². The molecule has 0 spiro atoms. The van der Waals surface area contributed by atoms with E-state index in [1.54, 1.807) is 0 Å². The molecule has 0 bridgehead atoms. The van der Waals surface area contributed by atoms with E-state index < -0.39 is 30.2 Å². The molecule has 4 nitrogen and oxygen atoms in total. The van der Waals surface area contributed by atoms with Gasteiger partial charge in [-0.25, -0.2) is 27.2 Å². The van der Waals surface area contributed by atoms with Crippen molar-refractivity contribution in [3.63, 3.8) is 0 Å². The average molecular weight is 204 g/mol. The van der Waals surface area contributed by atoms with Crippen molar-refractivity contribution in [1.82, 2.24) is 0 Å². The van der Waals surface area contributed by atoms with Gasteiger partial charge in [0.2, 0.25) is 6.17 Å². The number of hydrogen-bond donors (Lipinski definition) is 2. The lowest BCUT2D eigenvalue weighted by Gasteiger charge is -2.18. The Bertz CT molecular complexity index is 215. The van der Waals surface area contributed by atoms with E-state index in [4.69, 9.17) is 10.2 Å². The lowest BCUT2D eigenvalue weighted by molar-refractivity contribution is -0.179. The molecule has 1 unspecified atom stereocenters. The Morgan fingerprint density at radius 2 is 1.38 bits per heavy atom. The van der Waals surface area contributed by atoms with Crippen molar-refractivity contribution in [2.75, 3.05) is 0 Å². The minimum atomic E-state index is -4.60. The van der Waals surface area contributed by atoms with Gasteiger partial charge in [0.25, 0.3) is 6.43 Å². The summed E-state index contributed by atoms with van der Waals surface area (Å²) in [7, 11) is 0. The van der Waals surface area contributed by atoms with Crippen LogP contribution in [0.15, 0.2) is 0 Å². The third-order valence-electron chi connectivity index (χ3n) is 1.22. The van der Waals surface area contributed by atoms with Crippen LogP contribution in [0.25, 0.3) is 0 Å². The molecule has 8 heteroatoms. The summed E-state index contributed by atoms with van der Waals surface area (Å²) < 4.78 is 47.8. The van der Waals surface area contributed by atoms with E-state index in [1.807, 2.05) is 0 Å². The monoisotopic (exact) mass is 204 g/mol. The average Bonchev–Trinajstić information content (AvgIpc) is 2.00. The Balaban J connectivity index is 5.02. The second kappa shape index (κ2) is 3.58. The number of carbonyl (C=O) groups is 2. The number of halogens is 4. The Kier molecular flexibility index (Phi) is 3.21. The minimum Gasteiger partial charge on any atom is -0.478 e. The molecule has 0 aromatic rings. The molecule has 0 aliphatic rings. The largest absolute Gasteiger partial charge is 0.478 e. The summed E-state index contributed by atoms with van der Waals surface area (Å²) in [5.74, 6) is -5.60. The van der Waals surface area contributed by atoms with E-state index in [1.165, 1.54) is 0 Å². The first-order chi connectivity index (χ1) is 5.74. The summed E-state index contributed by atoms with van der Waals surface area (Å²) in [6.07, 6.45) is -7.92. The molecule has 0 saturated carbocycles. The maximum atomic E-state index is 12.6. The summed E-state index contributed by atoms with van der Waals surface area (Å²) in [5.41, 5.74) is -4.60. The van der Waals surface area contributed by atoms with Crippen LogP contribution in [0.3, 0.4) is 0 Å². The standard InChI is InChI=1S/C5H4F4O4/c6-1(2(7)8)5(9,3(10)11)4(12)13/h1-2H,(H,10,11)(H,12,13). The Morgan fingerprint density at radius 1 is 1.08 bits per heavy atom. The van der Waals surface area contributed by atoms with Crippen molar-refractivity contribution in [2.24, 2.45) is 0 Å². The van der Waals surface area contributed by atoms with Crippen LogP contribution in [0.2, 0.25) is 0 Å². The summed E-state index contributed by atoms with van der Waals surface area (Å²) in [6.45, 7) is 0. The van der Waals surface area contributed by atoms with Crippen molar-refractivity contribution >= 4 is 11.9 Å². The molecule has 2 N–H and O–H groups in total. The predicted octanol–water partition coefficient (Wildman–Crippen LogP) is 0.467. The van der Waals surface area contributed by atoms with Gasteiger partial charge in [0.1, 0.15) is 0 Å². The van der Waals surface area contributed by atoms with Crippen LogP contribution in [0, 0.1) is 0 Å². The van der Waals surface area contributed by atoms with E-state index in [0.717, 1.165) is 0 Å². The van der Waals surface area contributed by atoms with Crippen molar-refractivity contribution in [2.45, 2.75) is 18.3 Å². The van der Waals surface area contributed by atoms with Crippen LogP contribution in [0.5, 0.6) is 0 Å². The SMILES string of the molecule is O=C(O)C(F)(C(=O)O)C(F)C(F)F. The van der Waals surface area contributed by atoms with Gasteiger partial charge < -0.3 is 10.2 Å². The number of carboxylic acid groups (broad SMARTS) is 2. The highest BCUT2D eigenvalue weighted by Crippen LogP contribution is 2.25. The molecule has 1 atom stereocenters. The van der Waals surface area contributed by atoms with Gasteiger partial charge in [-0.05, 0) is 0 Å². The normalized spacial score (nSPS) is 14.2. The van der Waals surface area contributed by atoms with Gasteiger partial charge in [-0.15, -0.1) is 0 Å². The van der Waals surface area contributed by atoms with Crippen molar-refractivity contribution in [1.29, 1.82) is 0 Å². The lowest BCUT2D eigenvalue weighted by atomic mass is 10.0. The van der Waals surface area contributed by atoms with E-state index in [-0.39, 0.29) is 0 Å². The highest BCUT2D eigenvalue weighted by Gasteiger charge is 2.59. The third-order valence-corrected chi connectivity index (χ3v) is 1.22. The van der Waals surface area contributed by atoms with Crippen LogP contribution in [-0.4, -0.2) is 40.4 Å². The number of hydrogen-bond acceptors (Lipinski definition) is 2. The fraction of sp³-hybridized carbons (Fsp3) is 0.600. The molecule has 0 fully saturated rings. The number of carboxylic acids is 2.